The number of aryl methyl sites for hydroxylation is 1. The summed E-state index contributed by atoms with van der Waals surface area (Å²) in [5, 5.41) is 0.960. The van der Waals surface area contributed by atoms with Gasteiger partial charge >= 0.3 is 0 Å². The third kappa shape index (κ3) is 3.17. The lowest BCUT2D eigenvalue weighted by Gasteiger charge is -1.93. The maximum Gasteiger partial charge on any atom is 0.232 e. The summed E-state index contributed by atoms with van der Waals surface area (Å²) in [5.41, 5.74) is 0.969. The van der Waals surface area contributed by atoms with Gasteiger partial charge in [-0.3, -0.25) is 0 Å². The summed E-state index contributed by atoms with van der Waals surface area (Å²) < 4.78 is 22.6. The average molecular weight is 276 g/mol. The van der Waals surface area contributed by atoms with Gasteiger partial charge in [0.15, 0.2) is 0 Å². The Hall–Kier alpha value is -0.650. The number of hydrogen-bond donors (Lipinski definition) is 0. The molecule has 0 fully saturated rings. The number of para-hydroxylation sites is 1. The van der Waals surface area contributed by atoms with Crippen LogP contribution in [-0.4, -0.2) is 19.2 Å². The minimum atomic E-state index is -3.38. The van der Waals surface area contributed by atoms with Crippen LogP contribution in [0.25, 0.3) is 10.2 Å². The monoisotopic (exact) mass is 275 g/mol. The van der Waals surface area contributed by atoms with Gasteiger partial charge in [-0.2, -0.15) is 0 Å². The zero-order chi connectivity index (χ0) is 11.6. The van der Waals surface area contributed by atoms with E-state index in [1.54, 1.807) is 11.3 Å². The first-order chi connectivity index (χ1) is 7.54. The molecular formula is C10H10ClNO2S2. The number of fused-ring (bicyclic) bond motifs is 1. The molecule has 2 rings (SSSR count). The molecule has 0 radical (unpaired) electrons. The highest BCUT2D eigenvalue weighted by atomic mass is 35.7. The van der Waals surface area contributed by atoms with E-state index in [9.17, 15) is 8.42 Å². The van der Waals surface area contributed by atoms with Crippen molar-refractivity contribution in [3.05, 3.63) is 29.3 Å². The Balaban J connectivity index is 2.05. The molecule has 1 aromatic carbocycles. The van der Waals surface area contributed by atoms with Crippen molar-refractivity contribution >= 4 is 41.3 Å². The highest BCUT2D eigenvalue weighted by Crippen LogP contribution is 2.22. The second kappa shape index (κ2) is 4.69. The van der Waals surface area contributed by atoms with E-state index < -0.39 is 9.05 Å². The number of rotatable bonds is 4. The van der Waals surface area contributed by atoms with Crippen molar-refractivity contribution in [2.24, 2.45) is 0 Å². The minimum absolute atomic E-state index is 0.00445. The molecular weight excluding hydrogens is 266 g/mol. The van der Waals surface area contributed by atoms with Crippen molar-refractivity contribution in [3.63, 3.8) is 0 Å². The van der Waals surface area contributed by atoms with Crippen LogP contribution in [0.3, 0.4) is 0 Å². The van der Waals surface area contributed by atoms with Crippen molar-refractivity contribution in [1.82, 2.24) is 4.98 Å². The highest BCUT2D eigenvalue weighted by molar-refractivity contribution is 8.13. The van der Waals surface area contributed by atoms with Gasteiger partial charge in [0.05, 0.1) is 21.0 Å². The first kappa shape index (κ1) is 11.8. The summed E-state index contributed by atoms with van der Waals surface area (Å²) in [7, 11) is 1.76. The number of halogens is 1. The number of aromatic nitrogens is 1. The van der Waals surface area contributed by atoms with E-state index in [1.807, 2.05) is 24.3 Å². The van der Waals surface area contributed by atoms with Crippen LogP contribution in [0.4, 0.5) is 0 Å². The molecule has 1 heterocycles. The van der Waals surface area contributed by atoms with Crippen LogP contribution >= 0.6 is 22.0 Å². The normalized spacial score (nSPS) is 12.1. The van der Waals surface area contributed by atoms with Gasteiger partial charge in [0.2, 0.25) is 9.05 Å². The number of benzene rings is 1. The van der Waals surface area contributed by atoms with Gasteiger partial charge in [-0.1, -0.05) is 12.1 Å². The fourth-order valence-electron chi connectivity index (χ4n) is 1.42. The quantitative estimate of drug-likeness (QED) is 0.806. The molecule has 0 bridgehead atoms. The molecule has 0 aliphatic rings. The molecule has 0 saturated heterocycles. The molecule has 86 valence electrons. The van der Waals surface area contributed by atoms with Crippen molar-refractivity contribution in [2.75, 3.05) is 5.75 Å². The fourth-order valence-corrected chi connectivity index (χ4v) is 3.25. The van der Waals surface area contributed by atoms with Gasteiger partial charge in [0, 0.05) is 17.1 Å². The van der Waals surface area contributed by atoms with Crippen molar-refractivity contribution in [2.45, 2.75) is 12.8 Å². The molecule has 3 nitrogen and oxygen atoms in total. The van der Waals surface area contributed by atoms with E-state index in [-0.39, 0.29) is 5.75 Å². The fraction of sp³-hybridized carbons (Fsp3) is 0.300. The first-order valence-electron chi connectivity index (χ1n) is 4.81. The third-order valence-electron chi connectivity index (χ3n) is 2.12. The molecule has 0 aliphatic carbocycles. The third-order valence-corrected chi connectivity index (χ3v) is 4.45. The maximum atomic E-state index is 10.7. The maximum absolute atomic E-state index is 10.7. The van der Waals surface area contributed by atoms with Crippen molar-refractivity contribution in [3.8, 4) is 0 Å². The minimum Gasteiger partial charge on any atom is -0.241 e. The van der Waals surface area contributed by atoms with E-state index in [0.29, 0.717) is 12.8 Å². The Morgan fingerprint density at radius 3 is 2.75 bits per heavy atom. The average Bonchev–Trinajstić information content (AvgIpc) is 2.57. The van der Waals surface area contributed by atoms with Gasteiger partial charge in [0.1, 0.15) is 0 Å². The lowest BCUT2D eigenvalue weighted by Crippen LogP contribution is -1.98. The van der Waals surface area contributed by atoms with Gasteiger partial charge in [-0.05, 0) is 18.6 Å². The summed E-state index contributed by atoms with van der Waals surface area (Å²) in [6, 6.07) is 7.87. The zero-order valence-electron chi connectivity index (χ0n) is 8.39. The zero-order valence-corrected chi connectivity index (χ0v) is 10.8. The van der Waals surface area contributed by atoms with E-state index in [2.05, 4.69) is 4.98 Å². The van der Waals surface area contributed by atoms with Gasteiger partial charge in [-0.15, -0.1) is 11.3 Å². The van der Waals surface area contributed by atoms with Crippen LogP contribution in [0.2, 0.25) is 0 Å². The van der Waals surface area contributed by atoms with Crippen molar-refractivity contribution in [1.29, 1.82) is 0 Å². The lowest BCUT2D eigenvalue weighted by molar-refractivity contribution is 0.607. The molecule has 0 N–H and O–H groups in total. The molecule has 0 atom stereocenters. The van der Waals surface area contributed by atoms with E-state index in [1.165, 1.54) is 0 Å². The predicted molar refractivity (Wildman–Crippen MR) is 67.6 cm³/mol. The van der Waals surface area contributed by atoms with E-state index in [0.717, 1.165) is 15.2 Å². The Morgan fingerprint density at radius 1 is 1.31 bits per heavy atom. The van der Waals surface area contributed by atoms with Gasteiger partial charge in [-0.25, -0.2) is 13.4 Å². The SMILES string of the molecule is O=S(=O)(Cl)CCCc1nc2ccccc2s1. The van der Waals surface area contributed by atoms with E-state index >= 15 is 0 Å². The summed E-state index contributed by atoms with van der Waals surface area (Å²) in [4.78, 5) is 4.41. The van der Waals surface area contributed by atoms with Gasteiger partial charge < -0.3 is 0 Å². The first-order valence-corrected chi connectivity index (χ1v) is 8.11. The highest BCUT2D eigenvalue weighted by Gasteiger charge is 2.07. The van der Waals surface area contributed by atoms with Crippen molar-refractivity contribution < 1.29 is 8.42 Å². The summed E-state index contributed by atoms with van der Waals surface area (Å²) >= 11 is 1.60. The van der Waals surface area contributed by atoms with Gasteiger partial charge in [0.25, 0.3) is 0 Å². The molecule has 0 unspecified atom stereocenters. The predicted octanol–water partition coefficient (Wildman–Crippen LogP) is 2.80. The summed E-state index contributed by atoms with van der Waals surface area (Å²) in [6.07, 6.45) is 1.18. The van der Waals surface area contributed by atoms with Crippen LogP contribution in [0.1, 0.15) is 11.4 Å². The molecule has 6 heteroatoms. The van der Waals surface area contributed by atoms with Crippen LogP contribution < -0.4 is 0 Å². The number of thiazole rings is 1. The Bertz CT molecular complexity index is 559. The lowest BCUT2D eigenvalue weighted by atomic mass is 10.3. The number of hydrogen-bond acceptors (Lipinski definition) is 4. The number of nitrogens with zero attached hydrogens (tertiary/aromatic N) is 1. The Morgan fingerprint density at radius 2 is 2.06 bits per heavy atom. The molecule has 0 saturated carbocycles. The van der Waals surface area contributed by atoms with Crippen LogP contribution in [0.15, 0.2) is 24.3 Å². The molecule has 0 spiro atoms. The van der Waals surface area contributed by atoms with E-state index in [4.69, 9.17) is 10.7 Å². The molecule has 0 aliphatic heterocycles. The largest absolute Gasteiger partial charge is 0.241 e. The molecule has 0 amide bonds. The van der Waals surface area contributed by atoms with Crippen LogP contribution in [-0.2, 0) is 15.5 Å². The summed E-state index contributed by atoms with van der Waals surface area (Å²) in [6.45, 7) is 0. The van der Waals surface area contributed by atoms with Crippen LogP contribution in [0.5, 0.6) is 0 Å². The topological polar surface area (TPSA) is 47.0 Å². The molecule has 1 aromatic heterocycles. The Kier molecular flexibility index (Phi) is 3.47. The molecule has 16 heavy (non-hydrogen) atoms. The summed E-state index contributed by atoms with van der Waals surface area (Å²) in [5.74, 6) is 0.00445. The standard InChI is InChI=1S/C10H10ClNO2S2/c11-16(13,14)7-3-6-10-12-8-4-1-2-5-9(8)15-10/h1-2,4-5H,3,6-7H2. The Labute approximate surface area is 103 Å². The second-order valence-corrected chi connectivity index (χ2v) is 7.43. The smallest absolute Gasteiger partial charge is 0.232 e. The van der Waals surface area contributed by atoms with Crippen LogP contribution in [0, 0.1) is 0 Å². The molecule has 2 aromatic rings. The second-order valence-electron chi connectivity index (χ2n) is 3.42.